The number of carbonyl (C=O) groups excluding carboxylic acids is 2. The maximum Gasteiger partial charge on any atom is 0.328 e. The maximum atomic E-state index is 12.0. The third-order valence-electron chi connectivity index (χ3n) is 3.98. The molecule has 0 spiro atoms. The molecule has 1 aliphatic carbocycles. The van der Waals surface area contributed by atoms with Crippen molar-refractivity contribution in [3.63, 3.8) is 0 Å². The van der Waals surface area contributed by atoms with Gasteiger partial charge in [0.1, 0.15) is 6.04 Å². The van der Waals surface area contributed by atoms with Gasteiger partial charge in [0.05, 0.1) is 13.5 Å². The lowest BCUT2D eigenvalue weighted by atomic mass is 9.87. The Hall–Kier alpha value is -2.63. The lowest BCUT2D eigenvalue weighted by Gasteiger charge is -2.22. The molecule has 1 unspecified atom stereocenters. The fourth-order valence-corrected chi connectivity index (χ4v) is 2.80. The Labute approximate surface area is 140 Å². The van der Waals surface area contributed by atoms with E-state index in [1.807, 2.05) is 18.2 Å². The molecule has 0 radical (unpaired) electrons. The SMILES string of the molecule is COC(=O)C(CC1=CCCc2ccccc21)NC(=O)CCC(=O)O. The third kappa shape index (κ3) is 4.68. The van der Waals surface area contributed by atoms with Crippen LogP contribution < -0.4 is 5.32 Å². The number of carboxylic acid groups (broad SMARTS) is 1. The van der Waals surface area contributed by atoms with Crippen molar-refractivity contribution in [2.45, 2.75) is 38.1 Å². The van der Waals surface area contributed by atoms with E-state index >= 15 is 0 Å². The summed E-state index contributed by atoms with van der Waals surface area (Å²) >= 11 is 0. The summed E-state index contributed by atoms with van der Waals surface area (Å²) in [6.07, 6.45) is 3.79. The molecule has 1 aromatic carbocycles. The number of carbonyl (C=O) groups is 3. The number of hydrogen-bond donors (Lipinski definition) is 2. The minimum atomic E-state index is -1.05. The van der Waals surface area contributed by atoms with Gasteiger partial charge in [0, 0.05) is 12.8 Å². The predicted molar refractivity (Wildman–Crippen MR) is 88.2 cm³/mol. The largest absolute Gasteiger partial charge is 0.481 e. The lowest BCUT2D eigenvalue weighted by molar-refractivity contribution is -0.145. The fourth-order valence-electron chi connectivity index (χ4n) is 2.80. The highest BCUT2D eigenvalue weighted by Gasteiger charge is 2.25. The van der Waals surface area contributed by atoms with Crippen molar-refractivity contribution >= 4 is 23.4 Å². The van der Waals surface area contributed by atoms with Crippen molar-refractivity contribution in [2.24, 2.45) is 0 Å². The van der Waals surface area contributed by atoms with Gasteiger partial charge in [-0.25, -0.2) is 4.79 Å². The van der Waals surface area contributed by atoms with Crippen LogP contribution in [0.15, 0.2) is 30.3 Å². The van der Waals surface area contributed by atoms with Crippen LogP contribution in [-0.2, 0) is 25.5 Å². The van der Waals surface area contributed by atoms with Crippen molar-refractivity contribution in [2.75, 3.05) is 7.11 Å². The van der Waals surface area contributed by atoms with Gasteiger partial charge in [0.2, 0.25) is 5.91 Å². The van der Waals surface area contributed by atoms with Crippen LogP contribution in [0.25, 0.3) is 5.57 Å². The molecule has 0 bridgehead atoms. The van der Waals surface area contributed by atoms with Gasteiger partial charge in [0.15, 0.2) is 0 Å². The van der Waals surface area contributed by atoms with Crippen LogP contribution in [0.3, 0.4) is 0 Å². The van der Waals surface area contributed by atoms with Gasteiger partial charge < -0.3 is 15.2 Å². The summed E-state index contributed by atoms with van der Waals surface area (Å²) in [4.78, 5) is 34.4. The minimum Gasteiger partial charge on any atom is -0.481 e. The zero-order chi connectivity index (χ0) is 17.5. The molecule has 24 heavy (non-hydrogen) atoms. The average Bonchev–Trinajstić information content (AvgIpc) is 2.59. The van der Waals surface area contributed by atoms with Crippen LogP contribution in [0.4, 0.5) is 0 Å². The molecule has 0 saturated carbocycles. The van der Waals surface area contributed by atoms with E-state index in [0.717, 1.165) is 24.0 Å². The smallest absolute Gasteiger partial charge is 0.328 e. The van der Waals surface area contributed by atoms with Gasteiger partial charge in [-0.2, -0.15) is 0 Å². The number of nitrogens with one attached hydrogen (secondary N) is 1. The lowest BCUT2D eigenvalue weighted by Crippen LogP contribution is -2.41. The van der Waals surface area contributed by atoms with Gasteiger partial charge in [-0.1, -0.05) is 30.3 Å². The van der Waals surface area contributed by atoms with Crippen LogP contribution in [-0.4, -0.2) is 36.1 Å². The number of esters is 1. The minimum absolute atomic E-state index is 0.168. The molecule has 128 valence electrons. The quantitative estimate of drug-likeness (QED) is 0.745. The summed E-state index contributed by atoms with van der Waals surface area (Å²) in [7, 11) is 1.27. The molecule has 1 amide bonds. The number of benzene rings is 1. The molecule has 2 N–H and O–H groups in total. The maximum absolute atomic E-state index is 12.0. The number of ether oxygens (including phenoxy) is 1. The first-order chi connectivity index (χ1) is 11.5. The van der Waals surface area contributed by atoms with E-state index < -0.39 is 23.9 Å². The Kier molecular flexibility index (Phi) is 6.12. The zero-order valence-corrected chi connectivity index (χ0v) is 13.6. The number of methoxy groups -OCH3 is 1. The topological polar surface area (TPSA) is 92.7 Å². The first-order valence-electron chi connectivity index (χ1n) is 7.87. The van der Waals surface area contributed by atoms with Gasteiger partial charge >= 0.3 is 11.9 Å². The fraction of sp³-hybridized carbons (Fsp3) is 0.389. The first-order valence-corrected chi connectivity index (χ1v) is 7.87. The van der Waals surface area contributed by atoms with E-state index in [0.29, 0.717) is 6.42 Å². The Bertz CT molecular complexity index is 665. The number of carboxylic acids is 1. The average molecular weight is 331 g/mol. The highest BCUT2D eigenvalue weighted by Crippen LogP contribution is 2.29. The molecule has 1 aromatic rings. The highest BCUT2D eigenvalue weighted by atomic mass is 16.5. The summed E-state index contributed by atoms with van der Waals surface area (Å²) in [6.45, 7) is 0. The summed E-state index contributed by atoms with van der Waals surface area (Å²) in [6, 6.07) is 7.15. The Morgan fingerprint density at radius 2 is 2.00 bits per heavy atom. The van der Waals surface area contributed by atoms with Crippen molar-refractivity contribution < 1.29 is 24.2 Å². The Morgan fingerprint density at radius 3 is 2.71 bits per heavy atom. The van der Waals surface area contributed by atoms with E-state index in [-0.39, 0.29) is 12.8 Å². The van der Waals surface area contributed by atoms with E-state index in [1.165, 1.54) is 12.7 Å². The summed E-state index contributed by atoms with van der Waals surface area (Å²) < 4.78 is 4.77. The monoisotopic (exact) mass is 331 g/mol. The van der Waals surface area contributed by atoms with Crippen molar-refractivity contribution in [3.05, 3.63) is 41.5 Å². The zero-order valence-electron chi connectivity index (χ0n) is 13.6. The van der Waals surface area contributed by atoms with E-state index in [9.17, 15) is 14.4 Å². The molecule has 1 atom stereocenters. The molecular formula is C18H21NO5. The molecular weight excluding hydrogens is 310 g/mol. The number of aryl methyl sites for hydroxylation is 1. The van der Waals surface area contributed by atoms with E-state index in [1.54, 1.807) is 0 Å². The molecule has 6 heteroatoms. The highest BCUT2D eigenvalue weighted by molar-refractivity contribution is 5.88. The van der Waals surface area contributed by atoms with Crippen LogP contribution in [0.5, 0.6) is 0 Å². The molecule has 0 aliphatic heterocycles. The summed E-state index contributed by atoms with van der Waals surface area (Å²) in [5.74, 6) is -2.07. The van der Waals surface area contributed by atoms with Crippen LogP contribution in [0, 0.1) is 0 Å². The van der Waals surface area contributed by atoms with Crippen LogP contribution in [0.1, 0.15) is 36.8 Å². The van der Waals surface area contributed by atoms with Gasteiger partial charge in [-0.15, -0.1) is 0 Å². The van der Waals surface area contributed by atoms with Crippen molar-refractivity contribution in [1.82, 2.24) is 5.32 Å². The summed E-state index contributed by atoms with van der Waals surface area (Å²) in [5, 5.41) is 11.2. The number of allylic oxidation sites excluding steroid dienone is 1. The molecule has 0 aromatic heterocycles. The molecule has 0 saturated heterocycles. The second-order valence-electron chi connectivity index (χ2n) is 5.67. The van der Waals surface area contributed by atoms with Gasteiger partial charge in [-0.05, 0) is 29.5 Å². The molecule has 2 rings (SSSR count). The second-order valence-corrected chi connectivity index (χ2v) is 5.67. The Balaban J connectivity index is 2.09. The van der Waals surface area contributed by atoms with Crippen molar-refractivity contribution in [3.8, 4) is 0 Å². The van der Waals surface area contributed by atoms with Gasteiger partial charge in [0.25, 0.3) is 0 Å². The predicted octanol–water partition coefficient (Wildman–Crippen LogP) is 1.93. The second kappa shape index (κ2) is 8.29. The number of hydrogen-bond acceptors (Lipinski definition) is 4. The van der Waals surface area contributed by atoms with E-state index in [2.05, 4.69) is 17.5 Å². The van der Waals surface area contributed by atoms with Gasteiger partial charge in [-0.3, -0.25) is 9.59 Å². The first kappa shape index (κ1) is 17.7. The molecule has 0 fully saturated rings. The Morgan fingerprint density at radius 1 is 1.25 bits per heavy atom. The normalized spacial score (nSPS) is 14.1. The number of aliphatic carboxylic acids is 1. The van der Waals surface area contributed by atoms with Crippen molar-refractivity contribution in [1.29, 1.82) is 0 Å². The number of amides is 1. The molecule has 0 heterocycles. The number of rotatable bonds is 7. The van der Waals surface area contributed by atoms with E-state index in [4.69, 9.17) is 9.84 Å². The molecule has 1 aliphatic rings. The third-order valence-corrected chi connectivity index (χ3v) is 3.98. The molecule has 6 nitrogen and oxygen atoms in total. The number of fused-ring (bicyclic) bond motifs is 1. The van der Waals surface area contributed by atoms with Crippen LogP contribution in [0.2, 0.25) is 0 Å². The standard InChI is InChI=1S/C18H21NO5/c1-24-18(23)15(19-16(20)9-10-17(21)22)11-13-7-4-6-12-5-2-3-8-14(12)13/h2-3,5,7-8,15H,4,6,9-11H2,1H3,(H,19,20)(H,21,22). The summed E-state index contributed by atoms with van der Waals surface area (Å²) in [5.41, 5.74) is 3.29. The van der Waals surface area contributed by atoms with Crippen LogP contribution >= 0.6 is 0 Å².